The number of hydrogen-bond donors (Lipinski definition) is 3. The summed E-state index contributed by atoms with van der Waals surface area (Å²) in [5.41, 5.74) is 0. The largest absolute Gasteiger partial charge is 0.481 e. The SMILES string of the molecule is O=C(O)CCCNC(=O)Nc1cc(Br)ccn1. The summed E-state index contributed by atoms with van der Waals surface area (Å²) in [6.07, 6.45) is 1.99. The normalized spacial score (nSPS) is 9.71. The van der Waals surface area contributed by atoms with Crippen LogP contribution in [0.4, 0.5) is 10.6 Å². The highest BCUT2D eigenvalue weighted by molar-refractivity contribution is 9.10. The van der Waals surface area contributed by atoms with Crippen molar-refractivity contribution in [3.8, 4) is 0 Å². The first-order valence-electron chi connectivity index (χ1n) is 4.96. The lowest BCUT2D eigenvalue weighted by atomic mass is 10.3. The van der Waals surface area contributed by atoms with Crippen LogP contribution in [0, 0.1) is 0 Å². The van der Waals surface area contributed by atoms with Crippen molar-refractivity contribution in [3.63, 3.8) is 0 Å². The lowest BCUT2D eigenvalue weighted by Gasteiger charge is -2.06. The zero-order valence-corrected chi connectivity index (χ0v) is 10.5. The van der Waals surface area contributed by atoms with Crippen LogP contribution in [0.3, 0.4) is 0 Å². The summed E-state index contributed by atoms with van der Waals surface area (Å²) < 4.78 is 0.814. The van der Waals surface area contributed by atoms with Gasteiger partial charge in [0.25, 0.3) is 0 Å². The molecule has 6 nitrogen and oxygen atoms in total. The topological polar surface area (TPSA) is 91.3 Å². The Balaban J connectivity index is 2.27. The van der Waals surface area contributed by atoms with Gasteiger partial charge in [0.1, 0.15) is 5.82 Å². The number of urea groups is 1. The van der Waals surface area contributed by atoms with Gasteiger partial charge in [-0.05, 0) is 18.6 Å². The zero-order valence-electron chi connectivity index (χ0n) is 8.94. The van der Waals surface area contributed by atoms with Crippen molar-refractivity contribution < 1.29 is 14.7 Å². The number of carbonyl (C=O) groups is 2. The van der Waals surface area contributed by atoms with E-state index in [2.05, 4.69) is 31.5 Å². The van der Waals surface area contributed by atoms with Crippen molar-refractivity contribution in [1.29, 1.82) is 0 Å². The van der Waals surface area contributed by atoms with Crippen molar-refractivity contribution in [2.45, 2.75) is 12.8 Å². The molecule has 92 valence electrons. The molecule has 1 aromatic heterocycles. The van der Waals surface area contributed by atoms with Gasteiger partial charge in [-0.25, -0.2) is 9.78 Å². The minimum atomic E-state index is -0.874. The Morgan fingerprint density at radius 1 is 1.47 bits per heavy atom. The number of aromatic nitrogens is 1. The summed E-state index contributed by atoms with van der Waals surface area (Å²) in [6, 6.07) is 3.01. The Morgan fingerprint density at radius 2 is 2.24 bits per heavy atom. The maximum absolute atomic E-state index is 11.3. The number of nitrogens with zero attached hydrogens (tertiary/aromatic N) is 1. The van der Waals surface area contributed by atoms with E-state index in [9.17, 15) is 9.59 Å². The molecule has 0 aromatic carbocycles. The van der Waals surface area contributed by atoms with Gasteiger partial charge in [0.05, 0.1) is 0 Å². The molecule has 1 heterocycles. The fraction of sp³-hybridized carbons (Fsp3) is 0.300. The molecule has 0 unspecified atom stereocenters. The minimum Gasteiger partial charge on any atom is -0.481 e. The molecule has 0 atom stereocenters. The highest BCUT2D eigenvalue weighted by Gasteiger charge is 2.03. The Hall–Kier alpha value is -1.63. The molecule has 3 N–H and O–H groups in total. The summed E-state index contributed by atoms with van der Waals surface area (Å²) in [4.78, 5) is 25.5. The van der Waals surface area contributed by atoms with Crippen molar-refractivity contribution in [2.24, 2.45) is 0 Å². The number of carbonyl (C=O) groups excluding carboxylic acids is 1. The molecule has 0 radical (unpaired) electrons. The van der Waals surface area contributed by atoms with Crippen molar-refractivity contribution in [2.75, 3.05) is 11.9 Å². The minimum absolute atomic E-state index is 0.0371. The number of carboxylic acids is 1. The second kappa shape index (κ2) is 6.85. The predicted molar refractivity (Wildman–Crippen MR) is 65.8 cm³/mol. The van der Waals surface area contributed by atoms with Crippen LogP contribution in [0.2, 0.25) is 0 Å². The van der Waals surface area contributed by atoms with E-state index >= 15 is 0 Å². The van der Waals surface area contributed by atoms with Gasteiger partial charge in [-0.2, -0.15) is 0 Å². The first-order chi connectivity index (χ1) is 8.08. The Morgan fingerprint density at radius 3 is 2.88 bits per heavy atom. The van der Waals surface area contributed by atoms with E-state index in [1.165, 1.54) is 0 Å². The van der Waals surface area contributed by atoms with Gasteiger partial charge >= 0.3 is 12.0 Å². The van der Waals surface area contributed by atoms with Crippen molar-refractivity contribution >= 4 is 33.7 Å². The van der Waals surface area contributed by atoms with Crippen LogP contribution in [-0.2, 0) is 4.79 Å². The third-order valence-corrected chi connectivity index (χ3v) is 2.31. The maximum atomic E-state index is 11.3. The lowest BCUT2D eigenvalue weighted by molar-refractivity contribution is -0.137. The van der Waals surface area contributed by atoms with Gasteiger partial charge < -0.3 is 10.4 Å². The smallest absolute Gasteiger partial charge is 0.320 e. The van der Waals surface area contributed by atoms with E-state index in [1.54, 1.807) is 18.3 Å². The molecule has 0 aliphatic carbocycles. The Bertz CT molecular complexity index is 412. The quantitative estimate of drug-likeness (QED) is 0.724. The predicted octanol–water partition coefficient (Wildman–Crippen LogP) is 1.83. The van der Waals surface area contributed by atoms with Gasteiger partial charge in [0.15, 0.2) is 0 Å². The molecule has 1 aromatic rings. The molecule has 0 spiro atoms. The van der Waals surface area contributed by atoms with Crippen molar-refractivity contribution in [3.05, 3.63) is 22.8 Å². The summed E-state index contributed by atoms with van der Waals surface area (Å²) in [5.74, 6) is -0.448. The number of halogens is 1. The van der Waals surface area contributed by atoms with Crippen LogP contribution in [0.1, 0.15) is 12.8 Å². The van der Waals surface area contributed by atoms with Crippen molar-refractivity contribution in [1.82, 2.24) is 10.3 Å². The second-order valence-corrected chi connectivity index (χ2v) is 4.15. The van der Waals surface area contributed by atoms with Crippen LogP contribution < -0.4 is 10.6 Å². The van der Waals surface area contributed by atoms with Crippen LogP contribution >= 0.6 is 15.9 Å². The number of nitrogens with one attached hydrogen (secondary N) is 2. The number of anilines is 1. The average Bonchev–Trinajstić information content (AvgIpc) is 2.24. The van der Waals surface area contributed by atoms with Crippen LogP contribution in [0.25, 0.3) is 0 Å². The molecule has 2 amide bonds. The Kier molecular flexibility index (Phi) is 5.41. The number of pyridine rings is 1. The van der Waals surface area contributed by atoms with Crippen LogP contribution in [0.5, 0.6) is 0 Å². The summed E-state index contributed by atoms with van der Waals surface area (Å²) in [7, 11) is 0. The van der Waals surface area contributed by atoms with E-state index in [-0.39, 0.29) is 6.42 Å². The molecule has 0 aliphatic rings. The van der Waals surface area contributed by atoms with Gasteiger partial charge in [-0.3, -0.25) is 10.1 Å². The highest BCUT2D eigenvalue weighted by atomic mass is 79.9. The summed E-state index contributed by atoms with van der Waals surface area (Å²) in [5, 5.41) is 13.5. The maximum Gasteiger partial charge on any atom is 0.320 e. The molecule has 0 fully saturated rings. The summed E-state index contributed by atoms with van der Waals surface area (Å²) >= 11 is 3.25. The standard InChI is InChI=1S/C10H12BrN3O3/c11-7-3-5-12-8(6-7)14-10(17)13-4-1-2-9(15)16/h3,5-6H,1-2,4H2,(H,15,16)(H2,12,13,14,17). The van der Waals surface area contributed by atoms with Gasteiger partial charge in [-0.1, -0.05) is 15.9 Å². The van der Waals surface area contributed by atoms with E-state index in [0.717, 1.165) is 4.47 Å². The van der Waals surface area contributed by atoms with Gasteiger partial charge in [0, 0.05) is 23.6 Å². The van der Waals surface area contributed by atoms with E-state index in [0.29, 0.717) is 18.8 Å². The number of rotatable bonds is 5. The number of hydrogen-bond acceptors (Lipinski definition) is 3. The third kappa shape index (κ3) is 5.86. The summed E-state index contributed by atoms with van der Waals surface area (Å²) in [6.45, 7) is 0.312. The molecular formula is C10H12BrN3O3. The zero-order chi connectivity index (χ0) is 12.7. The number of amides is 2. The molecule has 0 saturated carbocycles. The molecular weight excluding hydrogens is 290 g/mol. The fourth-order valence-electron chi connectivity index (χ4n) is 1.08. The number of carboxylic acid groups (broad SMARTS) is 1. The first kappa shape index (κ1) is 13.4. The fourth-order valence-corrected chi connectivity index (χ4v) is 1.41. The molecule has 17 heavy (non-hydrogen) atoms. The Labute approximate surface area is 107 Å². The number of aliphatic carboxylic acids is 1. The molecule has 7 heteroatoms. The van der Waals surface area contributed by atoms with E-state index in [4.69, 9.17) is 5.11 Å². The van der Waals surface area contributed by atoms with Crippen LogP contribution in [-0.4, -0.2) is 28.6 Å². The van der Waals surface area contributed by atoms with Crippen LogP contribution in [0.15, 0.2) is 22.8 Å². The first-order valence-corrected chi connectivity index (χ1v) is 5.75. The van der Waals surface area contributed by atoms with Gasteiger partial charge in [0.2, 0.25) is 0 Å². The highest BCUT2D eigenvalue weighted by Crippen LogP contribution is 2.12. The monoisotopic (exact) mass is 301 g/mol. The van der Waals surface area contributed by atoms with E-state index < -0.39 is 12.0 Å². The third-order valence-electron chi connectivity index (χ3n) is 1.82. The molecule has 1 rings (SSSR count). The second-order valence-electron chi connectivity index (χ2n) is 3.24. The molecule has 0 bridgehead atoms. The van der Waals surface area contributed by atoms with E-state index in [1.807, 2.05) is 0 Å². The lowest BCUT2D eigenvalue weighted by Crippen LogP contribution is -2.30. The average molecular weight is 302 g/mol. The molecule has 0 aliphatic heterocycles. The van der Waals surface area contributed by atoms with Gasteiger partial charge in [-0.15, -0.1) is 0 Å². The molecule has 0 saturated heterocycles.